The molecule has 0 saturated heterocycles. The third-order valence-electron chi connectivity index (χ3n) is 2.69. The average Bonchev–Trinajstić information content (AvgIpc) is 2.68. The van der Waals surface area contributed by atoms with Gasteiger partial charge in [0.1, 0.15) is 0 Å². The zero-order chi connectivity index (χ0) is 12.4. The summed E-state index contributed by atoms with van der Waals surface area (Å²) in [6.45, 7) is 2.02. The minimum atomic E-state index is -0.122. The van der Waals surface area contributed by atoms with E-state index in [1.54, 1.807) is 6.26 Å². The van der Waals surface area contributed by atoms with Crippen LogP contribution >= 0.6 is 27.5 Å². The molecule has 0 radical (unpaired) electrons. The molecule has 1 aromatic heterocycles. The molecule has 0 spiro atoms. The van der Waals surface area contributed by atoms with Gasteiger partial charge in [0.15, 0.2) is 4.67 Å². The van der Waals surface area contributed by atoms with E-state index in [0.29, 0.717) is 11.1 Å². The van der Waals surface area contributed by atoms with Crippen molar-refractivity contribution in [3.05, 3.63) is 56.9 Å². The van der Waals surface area contributed by atoms with E-state index in [2.05, 4.69) is 15.9 Å². The van der Waals surface area contributed by atoms with Crippen molar-refractivity contribution in [2.75, 3.05) is 0 Å². The van der Waals surface area contributed by atoms with Gasteiger partial charge >= 0.3 is 0 Å². The standard InChI is InChI=1S/C13H13BrClNO/c1-8-2-3-9(11(15)6-8)7-12(16)10-4-5-17-13(10)14/h2-6,12H,7,16H2,1H3. The Kier molecular flexibility index (Phi) is 3.92. The van der Waals surface area contributed by atoms with Gasteiger partial charge in [-0.2, -0.15) is 0 Å². The highest BCUT2D eigenvalue weighted by Gasteiger charge is 2.14. The molecule has 1 atom stereocenters. The molecular formula is C13H13BrClNO. The number of rotatable bonds is 3. The Morgan fingerprint density at radius 1 is 1.41 bits per heavy atom. The molecule has 1 heterocycles. The predicted octanol–water partition coefficient (Wildman–Crippen LogP) is 4.25. The molecule has 2 N–H and O–H groups in total. The van der Waals surface area contributed by atoms with Gasteiger partial charge in [0.25, 0.3) is 0 Å². The molecule has 17 heavy (non-hydrogen) atoms. The van der Waals surface area contributed by atoms with Crippen LogP contribution in [0.25, 0.3) is 0 Å². The van der Waals surface area contributed by atoms with Crippen LogP contribution in [-0.2, 0) is 6.42 Å². The van der Waals surface area contributed by atoms with Crippen LogP contribution in [0.15, 0.2) is 39.6 Å². The van der Waals surface area contributed by atoms with E-state index in [9.17, 15) is 0 Å². The number of hydrogen-bond donors (Lipinski definition) is 1. The number of benzene rings is 1. The highest BCUT2D eigenvalue weighted by atomic mass is 79.9. The quantitative estimate of drug-likeness (QED) is 0.920. The molecule has 0 aliphatic heterocycles. The van der Waals surface area contributed by atoms with Crippen molar-refractivity contribution in [3.63, 3.8) is 0 Å². The molecule has 1 unspecified atom stereocenters. The lowest BCUT2D eigenvalue weighted by atomic mass is 10.0. The second-order valence-electron chi connectivity index (χ2n) is 4.06. The molecule has 2 aromatic rings. The molecule has 0 amide bonds. The van der Waals surface area contributed by atoms with E-state index in [4.69, 9.17) is 21.8 Å². The topological polar surface area (TPSA) is 39.2 Å². The van der Waals surface area contributed by atoms with E-state index in [1.165, 1.54) is 0 Å². The molecule has 0 aliphatic carbocycles. The van der Waals surface area contributed by atoms with Crippen LogP contribution in [0.4, 0.5) is 0 Å². The summed E-state index contributed by atoms with van der Waals surface area (Å²) in [5, 5.41) is 0.764. The van der Waals surface area contributed by atoms with Crippen molar-refractivity contribution < 1.29 is 4.42 Å². The number of nitrogens with two attached hydrogens (primary N) is 1. The summed E-state index contributed by atoms with van der Waals surface area (Å²) >= 11 is 9.51. The summed E-state index contributed by atoms with van der Waals surface area (Å²) in [4.78, 5) is 0. The van der Waals surface area contributed by atoms with Gasteiger partial charge < -0.3 is 10.2 Å². The largest absolute Gasteiger partial charge is 0.457 e. The summed E-state index contributed by atoms with van der Waals surface area (Å²) in [6.07, 6.45) is 2.31. The molecule has 2 nitrogen and oxygen atoms in total. The Hall–Kier alpha value is -0.770. The number of hydrogen-bond acceptors (Lipinski definition) is 2. The van der Waals surface area contributed by atoms with E-state index in [-0.39, 0.29) is 6.04 Å². The summed E-state index contributed by atoms with van der Waals surface area (Å²) in [6, 6.07) is 7.76. The lowest BCUT2D eigenvalue weighted by Gasteiger charge is -2.12. The third kappa shape index (κ3) is 2.92. The first-order valence-corrected chi connectivity index (χ1v) is 6.48. The van der Waals surface area contributed by atoms with Gasteiger partial charge in [-0.15, -0.1) is 0 Å². The van der Waals surface area contributed by atoms with Crippen LogP contribution in [0, 0.1) is 6.92 Å². The molecule has 1 aromatic carbocycles. The SMILES string of the molecule is Cc1ccc(CC(N)c2ccoc2Br)c(Cl)c1. The number of furan rings is 1. The Morgan fingerprint density at radius 2 is 2.18 bits per heavy atom. The summed E-state index contributed by atoms with van der Waals surface area (Å²) in [7, 11) is 0. The Labute approximate surface area is 114 Å². The van der Waals surface area contributed by atoms with Crippen molar-refractivity contribution in [1.82, 2.24) is 0 Å². The normalized spacial score (nSPS) is 12.7. The van der Waals surface area contributed by atoms with Gasteiger partial charge in [0.2, 0.25) is 0 Å². The van der Waals surface area contributed by atoms with Crippen LogP contribution in [0.3, 0.4) is 0 Å². The highest BCUT2D eigenvalue weighted by molar-refractivity contribution is 9.10. The highest BCUT2D eigenvalue weighted by Crippen LogP contribution is 2.28. The van der Waals surface area contributed by atoms with E-state index >= 15 is 0 Å². The maximum Gasteiger partial charge on any atom is 0.173 e. The predicted molar refractivity (Wildman–Crippen MR) is 73.2 cm³/mol. The fourth-order valence-corrected chi connectivity index (χ4v) is 2.58. The monoisotopic (exact) mass is 313 g/mol. The Balaban J connectivity index is 2.19. The number of halogens is 2. The molecule has 2 rings (SSSR count). The van der Waals surface area contributed by atoms with Crippen LogP contribution in [-0.4, -0.2) is 0 Å². The molecule has 0 aliphatic rings. The average molecular weight is 315 g/mol. The first kappa shape index (κ1) is 12.7. The molecule has 4 heteroatoms. The third-order valence-corrected chi connectivity index (χ3v) is 3.69. The smallest absolute Gasteiger partial charge is 0.173 e. The molecule has 0 bridgehead atoms. The molecule has 90 valence electrons. The van der Waals surface area contributed by atoms with Crippen molar-refractivity contribution in [3.8, 4) is 0 Å². The summed E-state index contributed by atoms with van der Waals surface area (Å²) in [5.74, 6) is 0. The van der Waals surface area contributed by atoms with Gasteiger partial charge in [0.05, 0.1) is 6.26 Å². The van der Waals surface area contributed by atoms with E-state index < -0.39 is 0 Å². The maximum atomic E-state index is 6.18. The lowest BCUT2D eigenvalue weighted by molar-refractivity contribution is 0.531. The van der Waals surface area contributed by atoms with Crippen LogP contribution < -0.4 is 5.73 Å². The fourth-order valence-electron chi connectivity index (χ4n) is 1.73. The Morgan fingerprint density at radius 3 is 2.76 bits per heavy atom. The summed E-state index contributed by atoms with van der Waals surface area (Å²) < 4.78 is 5.86. The zero-order valence-corrected chi connectivity index (χ0v) is 11.8. The van der Waals surface area contributed by atoms with Gasteiger partial charge in [0, 0.05) is 16.6 Å². The summed E-state index contributed by atoms with van der Waals surface area (Å²) in [5.41, 5.74) is 9.29. The molecule has 0 fully saturated rings. The Bertz CT molecular complexity index is 524. The van der Waals surface area contributed by atoms with Crippen molar-refractivity contribution in [1.29, 1.82) is 0 Å². The van der Waals surface area contributed by atoms with Crippen LogP contribution in [0.2, 0.25) is 5.02 Å². The molecular weight excluding hydrogens is 302 g/mol. The minimum Gasteiger partial charge on any atom is -0.457 e. The van der Waals surface area contributed by atoms with Gasteiger partial charge in [-0.3, -0.25) is 0 Å². The van der Waals surface area contributed by atoms with Crippen molar-refractivity contribution >= 4 is 27.5 Å². The van der Waals surface area contributed by atoms with Crippen LogP contribution in [0.1, 0.15) is 22.7 Å². The van der Waals surface area contributed by atoms with Crippen molar-refractivity contribution in [2.45, 2.75) is 19.4 Å². The van der Waals surface area contributed by atoms with Gasteiger partial charge in [-0.25, -0.2) is 0 Å². The molecule has 0 saturated carbocycles. The van der Waals surface area contributed by atoms with Crippen molar-refractivity contribution in [2.24, 2.45) is 5.73 Å². The number of aryl methyl sites for hydroxylation is 1. The maximum absolute atomic E-state index is 6.18. The minimum absolute atomic E-state index is 0.122. The first-order valence-electron chi connectivity index (χ1n) is 5.31. The van der Waals surface area contributed by atoms with E-state index in [1.807, 2.05) is 31.2 Å². The van der Waals surface area contributed by atoms with Crippen LogP contribution in [0.5, 0.6) is 0 Å². The van der Waals surface area contributed by atoms with E-state index in [0.717, 1.165) is 21.7 Å². The van der Waals surface area contributed by atoms with Gasteiger partial charge in [-0.05, 0) is 52.5 Å². The first-order chi connectivity index (χ1) is 8.08. The second kappa shape index (κ2) is 5.25. The fraction of sp³-hybridized carbons (Fsp3) is 0.231. The second-order valence-corrected chi connectivity index (χ2v) is 5.18. The van der Waals surface area contributed by atoms with Gasteiger partial charge in [-0.1, -0.05) is 23.7 Å². The lowest BCUT2D eigenvalue weighted by Crippen LogP contribution is -2.13. The zero-order valence-electron chi connectivity index (χ0n) is 9.41.